The Labute approximate surface area is 77.7 Å². The first-order valence-electron chi connectivity index (χ1n) is 4.66. The summed E-state index contributed by atoms with van der Waals surface area (Å²) in [6, 6.07) is 0. The van der Waals surface area contributed by atoms with Crippen molar-refractivity contribution in [1.29, 1.82) is 0 Å². The SMILES string of the molecule is CCN1CCC(=O)C12CCSC2. The smallest absolute Gasteiger partial charge is 0.155 e. The monoisotopic (exact) mass is 185 g/mol. The number of likely N-dealkylation sites (N-methyl/N-ethyl adjacent to an activating group) is 1. The van der Waals surface area contributed by atoms with Crippen molar-refractivity contribution in [2.75, 3.05) is 24.6 Å². The van der Waals surface area contributed by atoms with Gasteiger partial charge in [0, 0.05) is 18.7 Å². The molecule has 2 heterocycles. The Balaban J connectivity index is 2.23. The van der Waals surface area contributed by atoms with E-state index in [9.17, 15) is 4.79 Å². The summed E-state index contributed by atoms with van der Waals surface area (Å²) in [5, 5.41) is 0. The van der Waals surface area contributed by atoms with Crippen LogP contribution in [0, 0.1) is 0 Å². The maximum atomic E-state index is 11.7. The van der Waals surface area contributed by atoms with Gasteiger partial charge in [0.15, 0.2) is 5.78 Å². The molecule has 2 nitrogen and oxygen atoms in total. The van der Waals surface area contributed by atoms with E-state index >= 15 is 0 Å². The molecule has 1 unspecified atom stereocenters. The second-order valence-corrected chi connectivity index (χ2v) is 4.69. The number of carbonyl (C=O) groups excluding carboxylic acids is 1. The standard InChI is InChI=1S/C9H15NOS/c1-2-10-5-3-8(11)9(10)4-6-12-7-9/h2-7H2,1H3. The van der Waals surface area contributed by atoms with Crippen LogP contribution < -0.4 is 0 Å². The van der Waals surface area contributed by atoms with Crippen LogP contribution in [0.5, 0.6) is 0 Å². The molecular weight excluding hydrogens is 170 g/mol. The predicted molar refractivity (Wildman–Crippen MR) is 51.5 cm³/mol. The number of hydrogen-bond donors (Lipinski definition) is 0. The minimum absolute atomic E-state index is 0.0284. The summed E-state index contributed by atoms with van der Waals surface area (Å²) in [6.45, 7) is 4.19. The molecular formula is C9H15NOS. The highest BCUT2D eigenvalue weighted by molar-refractivity contribution is 7.99. The minimum Gasteiger partial charge on any atom is -0.298 e. The summed E-state index contributed by atoms with van der Waals surface area (Å²) < 4.78 is 0. The van der Waals surface area contributed by atoms with E-state index in [1.165, 1.54) is 5.75 Å². The molecule has 0 aromatic heterocycles. The van der Waals surface area contributed by atoms with E-state index < -0.39 is 0 Å². The Morgan fingerprint density at radius 1 is 1.67 bits per heavy atom. The van der Waals surface area contributed by atoms with Crippen LogP contribution in [0.2, 0.25) is 0 Å². The zero-order valence-electron chi connectivity index (χ0n) is 7.51. The molecule has 0 radical (unpaired) electrons. The van der Waals surface area contributed by atoms with Crippen molar-refractivity contribution in [2.24, 2.45) is 0 Å². The summed E-state index contributed by atoms with van der Waals surface area (Å²) in [4.78, 5) is 14.1. The average molecular weight is 185 g/mol. The number of likely N-dealkylation sites (tertiary alicyclic amines) is 1. The molecule has 0 aromatic carbocycles. The highest BCUT2D eigenvalue weighted by Gasteiger charge is 2.49. The summed E-state index contributed by atoms with van der Waals surface area (Å²) in [6.07, 6.45) is 1.87. The van der Waals surface area contributed by atoms with Crippen molar-refractivity contribution in [3.63, 3.8) is 0 Å². The molecule has 0 saturated carbocycles. The van der Waals surface area contributed by atoms with Crippen molar-refractivity contribution in [3.8, 4) is 0 Å². The zero-order valence-corrected chi connectivity index (χ0v) is 8.32. The number of Topliss-reactive ketones (excluding diaryl/α,β-unsaturated/α-hetero) is 1. The third kappa shape index (κ3) is 1.03. The molecule has 2 fully saturated rings. The van der Waals surface area contributed by atoms with Crippen LogP contribution >= 0.6 is 11.8 Å². The topological polar surface area (TPSA) is 20.3 Å². The molecule has 0 aliphatic carbocycles. The lowest BCUT2D eigenvalue weighted by Gasteiger charge is -2.31. The molecule has 2 aliphatic heterocycles. The number of nitrogens with zero attached hydrogens (tertiary/aromatic N) is 1. The van der Waals surface area contributed by atoms with Crippen LogP contribution in [-0.4, -0.2) is 40.8 Å². The Morgan fingerprint density at radius 3 is 3.08 bits per heavy atom. The van der Waals surface area contributed by atoms with E-state index in [1.54, 1.807) is 0 Å². The molecule has 0 N–H and O–H groups in total. The van der Waals surface area contributed by atoms with E-state index in [2.05, 4.69) is 11.8 Å². The number of ketones is 1. The molecule has 2 rings (SSSR count). The maximum Gasteiger partial charge on any atom is 0.155 e. The van der Waals surface area contributed by atoms with Crippen LogP contribution in [0.15, 0.2) is 0 Å². The fourth-order valence-electron chi connectivity index (χ4n) is 2.34. The molecule has 0 aromatic rings. The molecule has 0 bridgehead atoms. The van der Waals surface area contributed by atoms with Gasteiger partial charge >= 0.3 is 0 Å². The van der Waals surface area contributed by atoms with E-state index in [4.69, 9.17) is 0 Å². The van der Waals surface area contributed by atoms with Crippen LogP contribution in [-0.2, 0) is 4.79 Å². The Bertz CT molecular complexity index is 199. The van der Waals surface area contributed by atoms with Gasteiger partial charge in [-0.2, -0.15) is 11.8 Å². The van der Waals surface area contributed by atoms with Crippen molar-refractivity contribution < 1.29 is 4.79 Å². The molecule has 12 heavy (non-hydrogen) atoms. The van der Waals surface area contributed by atoms with Crippen molar-refractivity contribution in [2.45, 2.75) is 25.3 Å². The molecule has 2 aliphatic rings. The van der Waals surface area contributed by atoms with E-state index in [0.717, 1.165) is 31.7 Å². The van der Waals surface area contributed by atoms with Crippen LogP contribution in [0.1, 0.15) is 19.8 Å². The first kappa shape index (κ1) is 8.57. The molecule has 2 saturated heterocycles. The predicted octanol–water partition coefficient (Wildman–Crippen LogP) is 1.16. The van der Waals surface area contributed by atoms with Gasteiger partial charge < -0.3 is 0 Å². The minimum atomic E-state index is -0.0284. The van der Waals surface area contributed by atoms with Crippen LogP contribution in [0.3, 0.4) is 0 Å². The third-order valence-corrected chi connectivity index (χ3v) is 4.29. The number of hydrogen-bond acceptors (Lipinski definition) is 3. The highest BCUT2D eigenvalue weighted by Crippen LogP contribution is 2.38. The fourth-order valence-corrected chi connectivity index (χ4v) is 3.80. The van der Waals surface area contributed by atoms with Gasteiger partial charge in [-0.1, -0.05) is 6.92 Å². The summed E-state index contributed by atoms with van der Waals surface area (Å²) in [5.74, 6) is 2.70. The first-order valence-corrected chi connectivity index (χ1v) is 5.81. The summed E-state index contributed by atoms with van der Waals surface area (Å²) in [5.41, 5.74) is -0.0284. The first-order chi connectivity index (χ1) is 5.79. The normalized spacial score (nSPS) is 36.9. The molecule has 68 valence electrons. The second-order valence-electron chi connectivity index (χ2n) is 3.59. The van der Waals surface area contributed by atoms with Crippen LogP contribution in [0.25, 0.3) is 0 Å². The lowest BCUT2D eigenvalue weighted by molar-refractivity contribution is -0.123. The molecule has 1 spiro atoms. The summed E-state index contributed by atoms with van der Waals surface area (Å²) in [7, 11) is 0. The molecule has 0 amide bonds. The van der Waals surface area contributed by atoms with Crippen molar-refractivity contribution in [1.82, 2.24) is 4.90 Å². The van der Waals surface area contributed by atoms with E-state index in [1.807, 2.05) is 11.8 Å². The third-order valence-electron chi connectivity index (χ3n) is 3.12. The number of carbonyl (C=O) groups is 1. The average Bonchev–Trinajstić information content (AvgIpc) is 2.65. The van der Waals surface area contributed by atoms with Crippen molar-refractivity contribution in [3.05, 3.63) is 0 Å². The largest absolute Gasteiger partial charge is 0.298 e. The van der Waals surface area contributed by atoms with Gasteiger partial charge in [0.1, 0.15) is 0 Å². The van der Waals surface area contributed by atoms with Gasteiger partial charge in [0.05, 0.1) is 5.54 Å². The fraction of sp³-hybridized carbons (Fsp3) is 0.889. The van der Waals surface area contributed by atoms with Gasteiger partial charge in [0.25, 0.3) is 0 Å². The highest BCUT2D eigenvalue weighted by atomic mass is 32.2. The number of rotatable bonds is 1. The lowest BCUT2D eigenvalue weighted by Crippen LogP contribution is -2.48. The Kier molecular flexibility index (Phi) is 2.17. The van der Waals surface area contributed by atoms with Crippen molar-refractivity contribution >= 4 is 17.5 Å². The molecule has 1 atom stereocenters. The van der Waals surface area contributed by atoms with Gasteiger partial charge in [-0.05, 0) is 18.7 Å². The summed E-state index contributed by atoms with van der Waals surface area (Å²) >= 11 is 1.93. The second kappa shape index (κ2) is 3.04. The van der Waals surface area contributed by atoms with Gasteiger partial charge in [0.2, 0.25) is 0 Å². The lowest BCUT2D eigenvalue weighted by atomic mass is 9.94. The van der Waals surface area contributed by atoms with Gasteiger partial charge in [-0.25, -0.2) is 0 Å². The van der Waals surface area contributed by atoms with Gasteiger partial charge in [-0.15, -0.1) is 0 Å². The van der Waals surface area contributed by atoms with Crippen LogP contribution in [0.4, 0.5) is 0 Å². The maximum absolute atomic E-state index is 11.7. The van der Waals surface area contributed by atoms with Gasteiger partial charge in [-0.3, -0.25) is 9.69 Å². The Morgan fingerprint density at radius 2 is 2.50 bits per heavy atom. The van der Waals surface area contributed by atoms with E-state index in [0.29, 0.717) is 5.78 Å². The quantitative estimate of drug-likeness (QED) is 0.611. The molecule has 3 heteroatoms. The van der Waals surface area contributed by atoms with E-state index in [-0.39, 0.29) is 5.54 Å². The number of thioether (sulfide) groups is 1. The Hall–Kier alpha value is -0.0200. The zero-order chi connectivity index (χ0) is 8.60.